The number of hydrogen-bond donors (Lipinski definition) is 1. The van der Waals surface area contributed by atoms with E-state index in [0.29, 0.717) is 18.9 Å². The lowest BCUT2D eigenvalue weighted by Crippen LogP contribution is -2.42. The van der Waals surface area contributed by atoms with E-state index in [9.17, 15) is 9.59 Å². The number of carboxylic acid groups (broad SMARTS) is 1. The van der Waals surface area contributed by atoms with E-state index >= 15 is 0 Å². The van der Waals surface area contributed by atoms with Gasteiger partial charge in [0.2, 0.25) is 0 Å². The molecule has 2 fully saturated rings. The van der Waals surface area contributed by atoms with Gasteiger partial charge in [0.15, 0.2) is 6.10 Å². The average Bonchev–Trinajstić information content (AvgIpc) is 3.09. The summed E-state index contributed by atoms with van der Waals surface area (Å²) in [6, 6.07) is 0.422. The third kappa shape index (κ3) is 3.12. The molecule has 0 aromatic rings. The molecule has 2 aliphatic heterocycles. The number of carbonyl (C=O) groups is 2. The summed E-state index contributed by atoms with van der Waals surface area (Å²) in [4.78, 5) is 27.4. The minimum Gasteiger partial charge on any atom is -0.479 e. The standard InChI is InChI=1S/C14H24N2O4/c1-3-15(4-2)10-7-8-16(9-10)13(17)11-5-6-12(20-11)14(18)19/h10-12H,3-9H2,1-2H3,(H,18,19)/t10?,11-,12+/m0/s1. The van der Waals surface area contributed by atoms with Gasteiger partial charge in [-0.05, 0) is 32.4 Å². The number of ether oxygens (including phenoxy) is 1. The first-order chi connectivity index (χ1) is 9.56. The van der Waals surface area contributed by atoms with Gasteiger partial charge in [0.05, 0.1) is 0 Å². The first-order valence-corrected chi connectivity index (χ1v) is 7.47. The fourth-order valence-corrected chi connectivity index (χ4v) is 3.18. The van der Waals surface area contributed by atoms with Crippen molar-refractivity contribution in [3.63, 3.8) is 0 Å². The zero-order valence-electron chi connectivity index (χ0n) is 12.2. The number of amides is 1. The third-order valence-electron chi connectivity index (χ3n) is 4.37. The molecule has 0 saturated carbocycles. The Bertz CT molecular complexity index is 370. The number of likely N-dealkylation sites (N-methyl/N-ethyl adjacent to an activating group) is 1. The van der Waals surface area contributed by atoms with E-state index in [1.54, 1.807) is 0 Å². The van der Waals surface area contributed by atoms with Crippen LogP contribution in [0.1, 0.15) is 33.1 Å². The predicted octanol–water partition coefficient (Wildman–Crippen LogP) is 0.561. The molecule has 2 saturated heterocycles. The second kappa shape index (κ2) is 6.54. The van der Waals surface area contributed by atoms with Crippen LogP contribution in [-0.4, -0.2) is 71.2 Å². The second-order valence-corrected chi connectivity index (χ2v) is 5.48. The van der Waals surface area contributed by atoms with Crippen molar-refractivity contribution in [1.82, 2.24) is 9.80 Å². The number of likely N-dealkylation sites (tertiary alicyclic amines) is 1. The van der Waals surface area contributed by atoms with Crippen molar-refractivity contribution in [3.05, 3.63) is 0 Å². The third-order valence-corrected chi connectivity index (χ3v) is 4.37. The number of carbonyl (C=O) groups excluding carboxylic acids is 1. The van der Waals surface area contributed by atoms with Gasteiger partial charge in [0, 0.05) is 19.1 Å². The topological polar surface area (TPSA) is 70.1 Å². The first kappa shape index (κ1) is 15.3. The van der Waals surface area contributed by atoms with Crippen LogP contribution < -0.4 is 0 Å². The van der Waals surface area contributed by atoms with Gasteiger partial charge in [-0.2, -0.15) is 0 Å². The highest BCUT2D eigenvalue weighted by Crippen LogP contribution is 2.24. The summed E-state index contributed by atoms with van der Waals surface area (Å²) < 4.78 is 5.34. The summed E-state index contributed by atoms with van der Waals surface area (Å²) in [5.41, 5.74) is 0. The summed E-state index contributed by atoms with van der Waals surface area (Å²) in [6.07, 6.45) is 0.556. The SMILES string of the molecule is CCN(CC)C1CCN(C(=O)[C@@H]2CC[C@H](C(=O)O)O2)C1. The van der Waals surface area contributed by atoms with Crippen molar-refractivity contribution in [2.24, 2.45) is 0 Å². The lowest BCUT2D eigenvalue weighted by molar-refractivity contribution is -0.154. The first-order valence-electron chi connectivity index (χ1n) is 7.47. The molecular weight excluding hydrogens is 260 g/mol. The molecule has 20 heavy (non-hydrogen) atoms. The van der Waals surface area contributed by atoms with Crippen LogP contribution in [0.3, 0.4) is 0 Å². The lowest BCUT2D eigenvalue weighted by Gasteiger charge is -2.26. The largest absolute Gasteiger partial charge is 0.479 e. The van der Waals surface area contributed by atoms with E-state index in [1.807, 2.05) is 4.90 Å². The molecule has 3 atom stereocenters. The van der Waals surface area contributed by atoms with Crippen LogP contribution in [0.5, 0.6) is 0 Å². The highest BCUT2D eigenvalue weighted by Gasteiger charge is 2.39. The Morgan fingerprint density at radius 2 is 1.85 bits per heavy atom. The van der Waals surface area contributed by atoms with Crippen molar-refractivity contribution in [1.29, 1.82) is 0 Å². The zero-order chi connectivity index (χ0) is 14.7. The molecule has 2 rings (SSSR count). The van der Waals surface area contributed by atoms with Crippen LogP contribution >= 0.6 is 0 Å². The molecule has 6 nitrogen and oxygen atoms in total. The molecule has 0 aromatic heterocycles. The monoisotopic (exact) mass is 284 g/mol. The van der Waals surface area contributed by atoms with Gasteiger partial charge in [-0.25, -0.2) is 4.79 Å². The molecule has 0 radical (unpaired) electrons. The molecule has 1 amide bonds. The lowest BCUT2D eigenvalue weighted by atomic mass is 10.2. The molecule has 1 unspecified atom stereocenters. The van der Waals surface area contributed by atoms with Crippen molar-refractivity contribution in [3.8, 4) is 0 Å². The van der Waals surface area contributed by atoms with Crippen LogP contribution in [0.15, 0.2) is 0 Å². The Morgan fingerprint density at radius 3 is 2.40 bits per heavy atom. The summed E-state index contributed by atoms with van der Waals surface area (Å²) in [5, 5.41) is 8.90. The van der Waals surface area contributed by atoms with Crippen molar-refractivity contribution in [2.45, 2.75) is 51.4 Å². The van der Waals surface area contributed by atoms with Gasteiger partial charge in [0.1, 0.15) is 6.10 Å². The van der Waals surface area contributed by atoms with Crippen LogP contribution in [-0.2, 0) is 14.3 Å². The van der Waals surface area contributed by atoms with Crippen molar-refractivity contribution in [2.75, 3.05) is 26.2 Å². The molecule has 2 aliphatic rings. The highest BCUT2D eigenvalue weighted by molar-refractivity contribution is 5.83. The van der Waals surface area contributed by atoms with Crippen LogP contribution in [0.2, 0.25) is 0 Å². The Morgan fingerprint density at radius 1 is 1.20 bits per heavy atom. The summed E-state index contributed by atoms with van der Waals surface area (Å²) in [6.45, 7) is 7.72. The number of hydrogen-bond acceptors (Lipinski definition) is 4. The van der Waals surface area contributed by atoms with Gasteiger partial charge in [-0.15, -0.1) is 0 Å². The minimum absolute atomic E-state index is 0.0385. The van der Waals surface area contributed by atoms with Gasteiger partial charge >= 0.3 is 5.97 Å². The normalized spacial score (nSPS) is 30.1. The van der Waals surface area contributed by atoms with Gasteiger partial charge < -0.3 is 14.7 Å². The fourth-order valence-electron chi connectivity index (χ4n) is 3.18. The Labute approximate surface area is 119 Å². The molecule has 6 heteroatoms. The molecular formula is C14H24N2O4. The zero-order valence-corrected chi connectivity index (χ0v) is 12.2. The molecule has 0 aliphatic carbocycles. The highest BCUT2D eigenvalue weighted by atomic mass is 16.5. The molecule has 0 bridgehead atoms. The van der Waals surface area contributed by atoms with Gasteiger partial charge in [-0.3, -0.25) is 9.69 Å². The Kier molecular flexibility index (Phi) is 4.99. The van der Waals surface area contributed by atoms with Crippen molar-refractivity contribution < 1.29 is 19.4 Å². The van der Waals surface area contributed by atoms with E-state index in [1.165, 1.54) is 0 Å². The Hall–Kier alpha value is -1.14. The summed E-state index contributed by atoms with van der Waals surface area (Å²) in [7, 11) is 0. The maximum absolute atomic E-state index is 12.4. The molecule has 2 heterocycles. The number of rotatable bonds is 5. The van der Waals surface area contributed by atoms with E-state index in [0.717, 1.165) is 32.6 Å². The van der Waals surface area contributed by atoms with Crippen LogP contribution in [0.25, 0.3) is 0 Å². The predicted molar refractivity (Wildman–Crippen MR) is 73.4 cm³/mol. The quantitative estimate of drug-likeness (QED) is 0.799. The maximum Gasteiger partial charge on any atom is 0.332 e. The van der Waals surface area contributed by atoms with Crippen LogP contribution in [0, 0.1) is 0 Å². The second-order valence-electron chi connectivity index (χ2n) is 5.48. The number of carboxylic acids is 1. The molecule has 114 valence electrons. The van der Waals surface area contributed by atoms with E-state index in [-0.39, 0.29) is 5.91 Å². The Balaban J connectivity index is 1.87. The van der Waals surface area contributed by atoms with Crippen LogP contribution in [0.4, 0.5) is 0 Å². The molecule has 0 aromatic carbocycles. The summed E-state index contributed by atoms with van der Waals surface area (Å²) in [5.74, 6) is -1.01. The maximum atomic E-state index is 12.4. The average molecular weight is 284 g/mol. The molecule has 1 N–H and O–H groups in total. The smallest absolute Gasteiger partial charge is 0.332 e. The minimum atomic E-state index is -0.970. The fraction of sp³-hybridized carbons (Fsp3) is 0.857. The number of aliphatic carboxylic acids is 1. The van der Waals surface area contributed by atoms with E-state index in [4.69, 9.17) is 9.84 Å². The number of nitrogens with zero attached hydrogens (tertiary/aromatic N) is 2. The van der Waals surface area contributed by atoms with Gasteiger partial charge in [0.25, 0.3) is 5.91 Å². The van der Waals surface area contributed by atoms with E-state index < -0.39 is 18.2 Å². The summed E-state index contributed by atoms with van der Waals surface area (Å²) >= 11 is 0. The van der Waals surface area contributed by atoms with E-state index in [2.05, 4.69) is 18.7 Å². The van der Waals surface area contributed by atoms with Crippen molar-refractivity contribution >= 4 is 11.9 Å². The molecule has 0 spiro atoms. The van der Waals surface area contributed by atoms with Gasteiger partial charge in [-0.1, -0.05) is 13.8 Å².